The summed E-state index contributed by atoms with van der Waals surface area (Å²) < 4.78 is 13.1. The molecule has 1 aromatic rings. The zero-order valence-corrected chi connectivity index (χ0v) is 12.5. The molecule has 3 rings (SSSR count). The second kappa shape index (κ2) is 4.68. The van der Waals surface area contributed by atoms with Gasteiger partial charge in [0.15, 0.2) is 0 Å². The molecule has 0 N–H and O–H groups in total. The smallest absolute Gasteiger partial charge is 0.143 e. The van der Waals surface area contributed by atoms with E-state index >= 15 is 0 Å². The molecule has 2 heteroatoms. The molecule has 0 bridgehead atoms. The predicted molar refractivity (Wildman–Crippen MR) is 77.9 cm³/mol. The first-order valence-electron chi connectivity index (χ1n) is 7.76. The number of hydrogen-bond acceptors (Lipinski definition) is 1. The number of halogens is 1. The van der Waals surface area contributed by atoms with Crippen LogP contribution in [0.5, 0.6) is 0 Å². The summed E-state index contributed by atoms with van der Waals surface area (Å²) in [6, 6.07) is 6.74. The van der Waals surface area contributed by atoms with Crippen molar-refractivity contribution in [2.75, 3.05) is 0 Å². The van der Waals surface area contributed by atoms with Gasteiger partial charge in [0.2, 0.25) is 0 Å². The van der Waals surface area contributed by atoms with Gasteiger partial charge in [0.25, 0.3) is 0 Å². The summed E-state index contributed by atoms with van der Waals surface area (Å²) in [4.78, 5) is 12.9. The molecule has 4 atom stereocenters. The molecule has 0 aliphatic heterocycles. The fourth-order valence-electron chi connectivity index (χ4n) is 4.25. The highest BCUT2D eigenvalue weighted by atomic mass is 19.1. The lowest BCUT2D eigenvalue weighted by molar-refractivity contribution is -0.135. The summed E-state index contributed by atoms with van der Waals surface area (Å²) >= 11 is 0. The van der Waals surface area contributed by atoms with Gasteiger partial charge in [-0.25, -0.2) is 4.39 Å². The lowest BCUT2D eigenvalue weighted by Gasteiger charge is -2.36. The maximum atomic E-state index is 13.1. The van der Waals surface area contributed by atoms with Crippen molar-refractivity contribution in [3.05, 3.63) is 35.6 Å². The number of hydrogen-bond donors (Lipinski definition) is 0. The zero-order chi connectivity index (χ0) is 14.5. The van der Waals surface area contributed by atoms with E-state index in [2.05, 4.69) is 20.8 Å². The molecule has 2 fully saturated rings. The fraction of sp³-hybridized carbons (Fsp3) is 0.611. The Hall–Kier alpha value is -1.18. The topological polar surface area (TPSA) is 17.1 Å². The zero-order valence-electron chi connectivity index (χ0n) is 12.5. The molecule has 2 aliphatic carbocycles. The molecule has 2 aliphatic rings. The number of benzene rings is 1. The van der Waals surface area contributed by atoms with E-state index in [4.69, 9.17) is 0 Å². The third-order valence-electron chi connectivity index (χ3n) is 5.67. The van der Waals surface area contributed by atoms with Gasteiger partial charge >= 0.3 is 0 Å². The van der Waals surface area contributed by atoms with Gasteiger partial charge in [-0.3, -0.25) is 4.79 Å². The number of carbonyl (C=O) groups is 1. The standard InChI is InChI=1S/C18H23FO/c1-11(2)15-9-4-12(3)18(17(15)20)10-16(18)13-5-7-14(19)8-6-13/h5-8,11-12,15-16H,4,9-10H2,1-3H3/t12-,15-,16-,18+/m1/s1. The van der Waals surface area contributed by atoms with E-state index < -0.39 is 0 Å². The number of Topliss-reactive ketones (excluding diaryl/α,β-unsaturated/α-hetero) is 1. The highest BCUT2D eigenvalue weighted by Gasteiger charge is 2.65. The van der Waals surface area contributed by atoms with Crippen molar-refractivity contribution in [2.45, 2.75) is 46.0 Å². The van der Waals surface area contributed by atoms with Crippen LogP contribution in [0.2, 0.25) is 0 Å². The molecule has 20 heavy (non-hydrogen) atoms. The van der Waals surface area contributed by atoms with E-state index in [9.17, 15) is 9.18 Å². The molecule has 1 nitrogen and oxygen atoms in total. The largest absolute Gasteiger partial charge is 0.299 e. The Morgan fingerprint density at radius 3 is 2.45 bits per heavy atom. The monoisotopic (exact) mass is 274 g/mol. The number of ketones is 1. The van der Waals surface area contributed by atoms with Crippen LogP contribution in [0, 0.1) is 29.0 Å². The van der Waals surface area contributed by atoms with Gasteiger partial charge in [-0.1, -0.05) is 32.9 Å². The molecule has 0 unspecified atom stereocenters. The van der Waals surface area contributed by atoms with Gasteiger partial charge in [0.05, 0.1) is 0 Å². The van der Waals surface area contributed by atoms with Crippen LogP contribution in [0.15, 0.2) is 24.3 Å². The van der Waals surface area contributed by atoms with Crippen LogP contribution in [0.3, 0.4) is 0 Å². The lowest BCUT2D eigenvalue weighted by atomic mass is 9.66. The molecule has 0 saturated heterocycles. The Kier molecular flexibility index (Phi) is 3.23. The van der Waals surface area contributed by atoms with Crippen LogP contribution in [-0.4, -0.2) is 5.78 Å². The summed E-state index contributed by atoms with van der Waals surface area (Å²) in [5, 5.41) is 0. The molecular formula is C18H23FO. The van der Waals surface area contributed by atoms with Crippen molar-refractivity contribution < 1.29 is 9.18 Å². The molecule has 0 amide bonds. The summed E-state index contributed by atoms with van der Waals surface area (Å²) in [6.45, 7) is 6.53. The minimum absolute atomic E-state index is 0.148. The minimum atomic E-state index is -0.202. The molecule has 0 aromatic heterocycles. The molecule has 0 heterocycles. The van der Waals surface area contributed by atoms with Crippen LogP contribution >= 0.6 is 0 Å². The van der Waals surface area contributed by atoms with Crippen molar-refractivity contribution in [1.29, 1.82) is 0 Å². The van der Waals surface area contributed by atoms with Gasteiger partial charge in [-0.05, 0) is 54.7 Å². The number of rotatable bonds is 2. The van der Waals surface area contributed by atoms with Gasteiger partial charge in [0, 0.05) is 11.3 Å². The Balaban J connectivity index is 1.88. The second-order valence-electron chi connectivity index (χ2n) is 7.04. The average molecular weight is 274 g/mol. The van der Waals surface area contributed by atoms with Gasteiger partial charge in [-0.2, -0.15) is 0 Å². The van der Waals surface area contributed by atoms with Crippen molar-refractivity contribution in [1.82, 2.24) is 0 Å². The first-order chi connectivity index (χ1) is 9.46. The molecule has 0 radical (unpaired) electrons. The highest BCUT2D eigenvalue weighted by molar-refractivity contribution is 5.92. The van der Waals surface area contributed by atoms with Crippen LogP contribution in [0.25, 0.3) is 0 Å². The Labute approximate surface area is 120 Å². The maximum Gasteiger partial charge on any atom is 0.143 e. The highest BCUT2D eigenvalue weighted by Crippen LogP contribution is 2.68. The first-order valence-corrected chi connectivity index (χ1v) is 7.76. The van der Waals surface area contributed by atoms with E-state index in [1.54, 1.807) is 0 Å². The molecular weight excluding hydrogens is 251 g/mol. The Bertz CT molecular complexity index is 519. The second-order valence-corrected chi connectivity index (χ2v) is 7.04. The van der Waals surface area contributed by atoms with E-state index in [0.29, 0.717) is 23.5 Å². The molecule has 1 aromatic carbocycles. The summed E-state index contributed by atoms with van der Waals surface area (Å²) in [7, 11) is 0. The van der Waals surface area contributed by atoms with Crippen molar-refractivity contribution in [3.8, 4) is 0 Å². The fourth-order valence-corrected chi connectivity index (χ4v) is 4.25. The summed E-state index contributed by atoms with van der Waals surface area (Å²) in [5.74, 6) is 1.69. The van der Waals surface area contributed by atoms with Gasteiger partial charge in [-0.15, -0.1) is 0 Å². The molecule has 2 saturated carbocycles. The van der Waals surface area contributed by atoms with Crippen LogP contribution in [-0.2, 0) is 4.79 Å². The van der Waals surface area contributed by atoms with Gasteiger partial charge in [0.1, 0.15) is 11.6 Å². The maximum absolute atomic E-state index is 13.1. The summed E-state index contributed by atoms with van der Waals surface area (Å²) in [5.41, 5.74) is 0.987. The third-order valence-corrected chi connectivity index (χ3v) is 5.67. The predicted octanol–water partition coefficient (Wildman–Crippen LogP) is 4.57. The van der Waals surface area contributed by atoms with E-state index in [-0.39, 0.29) is 17.2 Å². The van der Waals surface area contributed by atoms with Gasteiger partial charge < -0.3 is 0 Å². The SMILES string of the molecule is CC(C)[C@H]1CC[C@@H](C)[C@]2(C[C@@H]2c2ccc(F)cc2)C1=O. The van der Waals surface area contributed by atoms with Crippen molar-refractivity contribution >= 4 is 5.78 Å². The van der Waals surface area contributed by atoms with E-state index in [1.807, 2.05) is 12.1 Å². The van der Waals surface area contributed by atoms with E-state index in [1.165, 1.54) is 12.1 Å². The quantitative estimate of drug-likeness (QED) is 0.772. The number of carbonyl (C=O) groups excluding carboxylic acids is 1. The average Bonchev–Trinajstić information content (AvgIpc) is 3.14. The normalized spacial score (nSPS) is 36.6. The van der Waals surface area contributed by atoms with Crippen LogP contribution in [0.4, 0.5) is 4.39 Å². The summed E-state index contributed by atoms with van der Waals surface area (Å²) in [6.07, 6.45) is 3.14. The Morgan fingerprint density at radius 2 is 1.85 bits per heavy atom. The van der Waals surface area contributed by atoms with E-state index in [0.717, 1.165) is 24.8 Å². The Morgan fingerprint density at radius 1 is 1.20 bits per heavy atom. The third kappa shape index (κ3) is 1.92. The molecule has 1 spiro atoms. The van der Waals surface area contributed by atoms with Crippen molar-refractivity contribution in [2.24, 2.45) is 23.2 Å². The van der Waals surface area contributed by atoms with Crippen LogP contribution in [0.1, 0.15) is 51.5 Å². The first kappa shape index (κ1) is 13.8. The molecule has 108 valence electrons. The van der Waals surface area contributed by atoms with Crippen LogP contribution < -0.4 is 0 Å². The minimum Gasteiger partial charge on any atom is -0.299 e. The lowest BCUT2D eigenvalue weighted by Crippen LogP contribution is -2.39. The van der Waals surface area contributed by atoms with Crippen molar-refractivity contribution in [3.63, 3.8) is 0 Å².